The van der Waals surface area contributed by atoms with Crippen LogP contribution in [0.3, 0.4) is 0 Å². The molecule has 0 aliphatic heterocycles. The van der Waals surface area contributed by atoms with Crippen LogP contribution in [-0.4, -0.2) is 37.1 Å². The standard InChI is InChI=1S/C29H28F3N3O3S/c1-17(21-7-5-6-8-24(21)29(30,31)32)38-25-13-19(9-10-22(25)28(36)37-4)23-12-20(14-34-27(23)33)26-11-18(16-39-26)15-35(2)3/h5-14,16-17H,15H2,1-4H3,(H2,33,34). The van der Waals surface area contributed by atoms with Gasteiger partial charge in [0.15, 0.2) is 0 Å². The minimum Gasteiger partial charge on any atom is -0.485 e. The van der Waals surface area contributed by atoms with Crippen LogP contribution in [0.1, 0.15) is 40.1 Å². The molecular formula is C29H28F3N3O3S. The monoisotopic (exact) mass is 555 g/mol. The van der Waals surface area contributed by atoms with Gasteiger partial charge in [-0.3, -0.25) is 0 Å². The third-order valence-electron chi connectivity index (χ3n) is 6.06. The Kier molecular flexibility index (Phi) is 8.27. The summed E-state index contributed by atoms with van der Waals surface area (Å²) in [7, 11) is 5.22. The first kappa shape index (κ1) is 28.1. The van der Waals surface area contributed by atoms with Crippen LogP contribution in [0.25, 0.3) is 21.6 Å². The van der Waals surface area contributed by atoms with Gasteiger partial charge >= 0.3 is 12.1 Å². The van der Waals surface area contributed by atoms with E-state index in [9.17, 15) is 18.0 Å². The maximum absolute atomic E-state index is 13.6. The van der Waals surface area contributed by atoms with E-state index in [1.54, 1.807) is 29.7 Å². The third kappa shape index (κ3) is 6.40. The summed E-state index contributed by atoms with van der Waals surface area (Å²) in [5.74, 6) is -0.353. The van der Waals surface area contributed by atoms with Gasteiger partial charge in [0.1, 0.15) is 23.2 Å². The molecule has 0 fully saturated rings. The largest absolute Gasteiger partial charge is 0.485 e. The summed E-state index contributed by atoms with van der Waals surface area (Å²) in [5.41, 5.74) is 8.67. The lowest BCUT2D eigenvalue weighted by atomic mass is 10.0. The van der Waals surface area contributed by atoms with Crippen molar-refractivity contribution >= 4 is 23.1 Å². The van der Waals surface area contributed by atoms with E-state index in [1.807, 2.05) is 20.2 Å². The Bertz CT molecular complexity index is 1480. The second-order valence-electron chi connectivity index (χ2n) is 9.26. The molecule has 0 saturated heterocycles. The molecule has 0 aliphatic carbocycles. The van der Waals surface area contributed by atoms with Gasteiger partial charge in [-0.25, -0.2) is 9.78 Å². The normalized spacial score (nSPS) is 12.4. The van der Waals surface area contributed by atoms with E-state index < -0.39 is 23.8 Å². The van der Waals surface area contributed by atoms with Crippen LogP contribution in [0.2, 0.25) is 0 Å². The van der Waals surface area contributed by atoms with Gasteiger partial charge in [-0.05, 0) is 67.9 Å². The molecule has 39 heavy (non-hydrogen) atoms. The molecule has 0 spiro atoms. The number of benzene rings is 2. The average molecular weight is 556 g/mol. The summed E-state index contributed by atoms with van der Waals surface area (Å²) in [6.07, 6.45) is -3.89. The van der Waals surface area contributed by atoms with Gasteiger partial charge in [0.25, 0.3) is 0 Å². The number of thiophene rings is 1. The fourth-order valence-corrected chi connectivity index (χ4v) is 5.13. The van der Waals surface area contributed by atoms with Gasteiger partial charge in [-0.1, -0.05) is 24.3 Å². The number of esters is 1. The number of pyridine rings is 1. The SMILES string of the molecule is COC(=O)c1ccc(-c2cc(-c3cc(CN(C)C)cs3)cnc2N)cc1OC(C)c1ccccc1C(F)(F)F. The molecule has 2 N–H and O–H groups in total. The maximum Gasteiger partial charge on any atom is 0.416 e. The van der Waals surface area contributed by atoms with E-state index in [4.69, 9.17) is 15.2 Å². The number of rotatable bonds is 8. The molecule has 6 nitrogen and oxygen atoms in total. The second-order valence-corrected chi connectivity index (χ2v) is 10.2. The Hall–Kier alpha value is -3.89. The predicted octanol–water partition coefficient (Wildman–Crippen LogP) is 7.07. The predicted molar refractivity (Wildman–Crippen MR) is 147 cm³/mol. The van der Waals surface area contributed by atoms with Crippen LogP contribution in [-0.2, 0) is 17.5 Å². The number of nitrogens with two attached hydrogens (primary N) is 1. The highest BCUT2D eigenvalue weighted by atomic mass is 32.1. The van der Waals surface area contributed by atoms with E-state index >= 15 is 0 Å². The highest BCUT2D eigenvalue weighted by molar-refractivity contribution is 7.13. The van der Waals surface area contributed by atoms with Crippen molar-refractivity contribution in [2.75, 3.05) is 26.9 Å². The zero-order chi connectivity index (χ0) is 28.3. The van der Waals surface area contributed by atoms with Gasteiger partial charge < -0.3 is 20.1 Å². The van der Waals surface area contributed by atoms with E-state index in [0.29, 0.717) is 11.1 Å². The molecule has 2 heterocycles. The smallest absolute Gasteiger partial charge is 0.416 e. The van der Waals surface area contributed by atoms with E-state index in [-0.39, 0.29) is 22.7 Å². The lowest BCUT2D eigenvalue weighted by Crippen LogP contribution is -2.15. The molecule has 1 atom stereocenters. The number of hydrogen-bond donors (Lipinski definition) is 1. The lowest BCUT2D eigenvalue weighted by Gasteiger charge is -2.21. The van der Waals surface area contributed by atoms with Gasteiger partial charge in [0.2, 0.25) is 0 Å². The van der Waals surface area contributed by atoms with Crippen molar-refractivity contribution in [2.24, 2.45) is 0 Å². The lowest BCUT2D eigenvalue weighted by molar-refractivity contribution is -0.139. The number of carbonyl (C=O) groups excluding carboxylic acids is 1. The number of ether oxygens (including phenoxy) is 2. The molecule has 0 saturated carbocycles. The number of nitrogen functional groups attached to an aromatic ring is 1. The van der Waals surface area contributed by atoms with Gasteiger partial charge in [-0.2, -0.15) is 13.2 Å². The summed E-state index contributed by atoms with van der Waals surface area (Å²) in [5, 5.41) is 2.09. The van der Waals surface area contributed by atoms with E-state index in [2.05, 4.69) is 21.3 Å². The van der Waals surface area contributed by atoms with Gasteiger partial charge in [-0.15, -0.1) is 11.3 Å². The summed E-state index contributed by atoms with van der Waals surface area (Å²) in [4.78, 5) is 20.0. The summed E-state index contributed by atoms with van der Waals surface area (Å²) in [6, 6.07) is 13.9. The number of carbonyl (C=O) groups is 1. The first-order valence-electron chi connectivity index (χ1n) is 12.0. The van der Waals surface area contributed by atoms with Crippen molar-refractivity contribution in [1.29, 1.82) is 0 Å². The number of halogens is 3. The first-order chi connectivity index (χ1) is 18.5. The molecule has 0 amide bonds. The Morgan fingerprint density at radius 1 is 1.10 bits per heavy atom. The van der Waals surface area contributed by atoms with Gasteiger partial charge in [0.05, 0.1) is 12.7 Å². The number of aromatic nitrogens is 1. The van der Waals surface area contributed by atoms with Crippen molar-refractivity contribution in [3.8, 4) is 27.3 Å². The minimum absolute atomic E-state index is 0.0550. The molecule has 204 valence electrons. The molecule has 4 aromatic rings. The van der Waals surface area contributed by atoms with Crippen LogP contribution in [0.4, 0.5) is 19.0 Å². The van der Waals surface area contributed by atoms with Crippen LogP contribution < -0.4 is 10.5 Å². The van der Waals surface area contributed by atoms with Crippen molar-refractivity contribution in [2.45, 2.75) is 25.7 Å². The third-order valence-corrected chi connectivity index (χ3v) is 7.09. The van der Waals surface area contributed by atoms with Crippen molar-refractivity contribution < 1.29 is 27.4 Å². The quantitative estimate of drug-likeness (QED) is 0.235. The molecule has 2 aromatic heterocycles. The highest BCUT2D eigenvalue weighted by Gasteiger charge is 2.35. The second kappa shape index (κ2) is 11.5. The molecule has 1 unspecified atom stereocenters. The molecule has 2 aromatic carbocycles. The molecular weight excluding hydrogens is 527 g/mol. The number of anilines is 1. The summed E-state index contributed by atoms with van der Waals surface area (Å²) >= 11 is 1.59. The number of nitrogens with zero attached hydrogens (tertiary/aromatic N) is 2. The van der Waals surface area contributed by atoms with Crippen LogP contribution in [0, 0.1) is 0 Å². The fourth-order valence-electron chi connectivity index (χ4n) is 4.25. The van der Waals surface area contributed by atoms with E-state index in [0.717, 1.165) is 23.1 Å². The number of alkyl halides is 3. The summed E-state index contributed by atoms with van der Waals surface area (Å²) < 4.78 is 51.7. The van der Waals surface area contributed by atoms with E-state index in [1.165, 1.54) is 43.9 Å². The molecule has 4 rings (SSSR count). The Balaban J connectivity index is 1.74. The molecule has 0 aliphatic rings. The minimum atomic E-state index is -4.56. The van der Waals surface area contributed by atoms with Crippen molar-refractivity contribution in [3.05, 3.63) is 88.4 Å². The molecule has 0 radical (unpaired) electrons. The van der Waals surface area contributed by atoms with Crippen molar-refractivity contribution in [3.63, 3.8) is 0 Å². The Morgan fingerprint density at radius 3 is 2.54 bits per heavy atom. The Morgan fingerprint density at radius 2 is 1.85 bits per heavy atom. The van der Waals surface area contributed by atoms with Crippen LogP contribution in [0.5, 0.6) is 5.75 Å². The maximum atomic E-state index is 13.6. The number of methoxy groups -OCH3 is 1. The fraction of sp³-hybridized carbons (Fsp3) is 0.241. The first-order valence-corrected chi connectivity index (χ1v) is 12.9. The average Bonchev–Trinajstić information content (AvgIpc) is 3.35. The molecule has 0 bridgehead atoms. The highest BCUT2D eigenvalue weighted by Crippen LogP contribution is 2.39. The van der Waals surface area contributed by atoms with Crippen molar-refractivity contribution in [1.82, 2.24) is 9.88 Å². The Labute approximate surface area is 228 Å². The van der Waals surface area contributed by atoms with Gasteiger partial charge in [0, 0.05) is 34.3 Å². The number of hydrogen-bond acceptors (Lipinski definition) is 7. The van der Waals surface area contributed by atoms with Crippen LogP contribution in [0.15, 0.2) is 66.2 Å². The zero-order valence-corrected chi connectivity index (χ0v) is 22.7. The topological polar surface area (TPSA) is 77.7 Å². The summed E-state index contributed by atoms with van der Waals surface area (Å²) in [6.45, 7) is 2.30. The zero-order valence-electron chi connectivity index (χ0n) is 21.9. The molecule has 10 heteroatoms. The van der Waals surface area contributed by atoms with Crippen LogP contribution >= 0.6 is 11.3 Å².